The molecule has 0 saturated carbocycles. The van der Waals surface area contributed by atoms with Crippen molar-refractivity contribution in [1.29, 1.82) is 0 Å². The Hall–Kier alpha value is -5.64. The smallest absolute Gasteiger partial charge is 0.336 e. The summed E-state index contributed by atoms with van der Waals surface area (Å²) in [6, 6.07) is 22.1. The summed E-state index contributed by atoms with van der Waals surface area (Å²) in [4.78, 5) is 45.4. The number of ether oxygens (including phenoxy) is 2. The normalized spacial score (nSPS) is 10.5. The molecule has 0 saturated heterocycles. The first-order chi connectivity index (χ1) is 19.6. The lowest BCUT2D eigenvalue weighted by atomic mass is 10.0. The van der Waals surface area contributed by atoms with E-state index in [1.54, 1.807) is 12.1 Å². The van der Waals surface area contributed by atoms with Crippen molar-refractivity contribution in [1.82, 2.24) is 0 Å². The van der Waals surface area contributed by atoms with E-state index in [2.05, 4.69) is 0 Å². The molecule has 4 rings (SSSR count). The lowest BCUT2D eigenvalue weighted by Crippen LogP contribution is -2.08. The average molecular weight is 557 g/mol. The molecule has 10 nitrogen and oxygen atoms in total. The van der Waals surface area contributed by atoms with Gasteiger partial charge in [0.15, 0.2) is 0 Å². The minimum atomic E-state index is -1.36. The standard InChI is InChI=1S/C31H24O10/c32-28(33)24-12-10-22(16-26(24)30(36)37)40-20-8-2-6-18(14-20)4-1-5-19-7-3-9-21(15-19)41-23-11-13-25(29(34)35)27(17-23)31(38)39/h2-3,6-17H,1,4-5H2,(H,32,33)(H,34,35)(H,36,37)(H,38,39). The Morgan fingerprint density at radius 2 is 0.829 bits per heavy atom. The number of rotatable bonds is 12. The van der Waals surface area contributed by atoms with Crippen LogP contribution in [-0.4, -0.2) is 44.3 Å². The Bertz CT molecular complexity index is 1520. The molecule has 0 unspecified atom stereocenters. The third kappa shape index (κ3) is 7.27. The van der Waals surface area contributed by atoms with E-state index < -0.39 is 23.9 Å². The van der Waals surface area contributed by atoms with E-state index in [9.17, 15) is 39.6 Å². The van der Waals surface area contributed by atoms with E-state index in [-0.39, 0.29) is 33.8 Å². The van der Waals surface area contributed by atoms with E-state index in [0.717, 1.165) is 17.5 Å². The van der Waals surface area contributed by atoms with Gasteiger partial charge in [0.05, 0.1) is 22.3 Å². The van der Waals surface area contributed by atoms with Crippen molar-refractivity contribution in [3.05, 3.63) is 118 Å². The Morgan fingerprint density at radius 3 is 1.20 bits per heavy atom. The molecular weight excluding hydrogens is 532 g/mol. The highest BCUT2D eigenvalue weighted by Crippen LogP contribution is 2.27. The highest BCUT2D eigenvalue weighted by Gasteiger charge is 2.18. The second-order valence-corrected chi connectivity index (χ2v) is 8.99. The molecular formula is C31H24O10. The van der Waals surface area contributed by atoms with Crippen LogP contribution in [0.2, 0.25) is 0 Å². The number of aryl methyl sites for hydroxylation is 2. The van der Waals surface area contributed by atoms with Gasteiger partial charge in [0.25, 0.3) is 0 Å². The molecule has 0 aromatic heterocycles. The van der Waals surface area contributed by atoms with Gasteiger partial charge in [0.1, 0.15) is 23.0 Å². The van der Waals surface area contributed by atoms with Crippen LogP contribution in [0.4, 0.5) is 0 Å². The molecule has 4 N–H and O–H groups in total. The van der Waals surface area contributed by atoms with Crippen LogP contribution in [0.5, 0.6) is 23.0 Å². The molecule has 0 radical (unpaired) electrons. The van der Waals surface area contributed by atoms with Crippen LogP contribution >= 0.6 is 0 Å². The summed E-state index contributed by atoms with van der Waals surface area (Å²) in [5.74, 6) is -4.04. The van der Waals surface area contributed by atoms with Gasteiger partial charge in [-0.25, -0.2) is 19.2 Å². The van der Waals surface area contributed by atoms with Crippen molar-refractivity contribution in [2.24, 2.45) is 0 Å². The maximum absolute atomic E-state index is 11.4. The van der Waals surface area contributed by atoms with Gasteiger partial charge in [-0.1, -0.05) is 24.3 Å². The van der Waals surface area contributed by atoms with Crippen LogP contribution < -0.4 is 9.47 Å². The fraction of sp³-hybridized carbons (Fsp3) is 0.0968. The van der Waals surface area contributed by atoms with Gasteiger partial charge in [-0.05, 0) is 91.1 Å². The van der Waals surface area contributed by atoms with Gasteiger partial charge in [0.2, 0.25) is 0 Å². The zero-order valence-electron chi connectivity index (χ0n) is 21.4. The highest BCUT2D eigenvalue weighted by molar-refractivity contribution is 6.02. The summed E-state index contributed by atoms with van der Waals surface area (Å²) < 4.78 is 11.6. The Kier molecular flexibility index (Phi) is 8.63. The second kappa shape index (κ2) is 12.5. The molecule has 10 heteroatoms. The first-order valence-electron chi connectivity index (χ1n) is 12.4. The summed E-state index contributed by atoms with van der Waals surface area (Å²) in [6.45, 7) is 0. The van der Waals surface area contributed by atoms with Gasteiger partial charge in [0, 0.05) is 0 Å². The number of carbonyl (C=O) groups is 4. The highest BCUT2D eigenvalue weighted by atomic mass is 16.5. The maximum atomic E-state index is 11.4. The van der Waals surface area contributed by atoms with Crippen LogP contribution in [0.3, 0.4) is 0 Å². The Morgan fingerprint density at radius 1 is 0.463 bits per heavy atom. The monoisotopic (exact) mass is 556 g/mol. The molecule has 0 aliphatic heterocycles. The molecule has 208 valence electrons. The largest absolute Gasteiger partial charge is 0.478 e. The number of hydrogen-bond donors (Lipinski definition) is 4. The van der Waals surface area contributed by atoms with Crippen LogP contribution in [0.15, 0.2) is 84.9 Å². The predicted molar refractivity (Wildman–Crippen MR) is 146 cm³/mol. The van der Waals surface area contributed by atoms with E-state index in [4.69, 9.17) is 9.47 Å². The molecule has 0 bridgehead atoms. The summed E-state index contributed by atoms with van der Waals surface area (Å²) >= 11 is 0. The quantitative estimate of drug-likeness (QED) is 0.157. The van der Waals surface area contributed by atoms with Gasteiger partial charge in [-0.2, -0.15) is 0 Å². The van der Waals surface area contributed by atoms with Crippen LogP contribution in [-0.2, 0) is 12.8 Å². The third-order valence-electron chi connectivity index (χ3n) is 6.10. The number of hydrogen-bond acceptors (Lipinski definition) is 6. The minimum absolute atomic E-state index is 0.203. The average Bonchev–Trinajstić information content (AvgIpc) is 2.93. The van der Waals surface area contributed by atoms with Crippen molar-refractivity contribution < 1.29 is 49.1 Å². The molecule has 0 amide bonds. The molecule has 0 heterocycles. The SMILES string of the molecule is O=C(O)c1ccc(Oc2cccc(CCCc3cccc(Oc4ccc(C(=O)O)c(C(=O)O)c4)c3)c2)cc1C(=O)O. The Labute approximate surface area is 233 Å². The summed E-state index contributed by atoms with van der Waals surface area (Å²) in [5.41, 5.74) is 0.586. The van der Waals surface area contributed by atoms with Crippen molar-refractivity contribution in [3.63, 3.8) is 0 Å². The third-order valence-corrected chi connectivity index (χ3v) is 6.10. The van der Waals surface area contributed by atoms with Crippen molar-refractivity contribution in [2.75, 3.05) is 0 Å². The second-order valence-electron chi connectivity index (χ2n) is 8.99. The molecule has 4 aromatic carbocycles. The number of benzene rings is 4. The summed E-state index contributed by atoms with van der Waals surface area (Å²) in [5, 5.41) is 37.0. The fourth-order valence-electron chi connectivity index (χ4n) is 4.20. The molecule has 0 fully saturated rings. The molecule has 4 aromatic rings. The van der Waals surface area contributed by atoms with E-state index in [1.807, 2.05) is 36.4 Å². The molecule has 0 atom stereocenters. The zero-order chi connectivity index (χ0) is 29.5. The zero-order valence-corrected chi connectivity index (χ0v) is 21.4. The lowest BCUT2D eigenvalue weighted by molar-refractivity contribution is 0.0651. The topological polar surface area (TPSA) is 168 Å². The number of aromatic carboxylic acids is 4. The van der Waals surface area contributed by atoms with Gasteiger partial charge in [-0.3, -0.25) is 0 Å². The lowest BCUT2D eigenvalue weighted by Gasteiger charge is -2.11. The fourth-order valence-corrected chi connectivity index (χ4v) is 4.20. The van der Waals surface area contributed by atoms with Gasteiger partial charge < -0.3 is 29.9 Å². The van der Waals surface area contributed by atoms with Gasteiger partial charge >= 0.3 is 23.9 Å². The van der Waals surface area contributed by atoms with Crippen molar-refractivity contribution in [3.8, 4) is 23.0 Å². The predicted octanol–water partition coefficient (Wildman–Crippen LogP) is 6.24. The van der Waals surface area contributed by atoms with Crippen LogP contribution in [0, 0.1) is 0 Å². The van der Waals surface area contributed by atoms with Crippen LogP contribution in [0.25, 0.3) is 0 Å². The maximum Gasteiger partial charge on any atom is 0.336 e. The number of carboxylic acids is 4. The van der Waals surface area contributed by atoms with Crippen molar-refractivity contribution in [2.45, 2.75) is 19.3 Å². The molecule has 41 heavy (non-hydrogen) atoms. The van der Waals surface area contributed by atoms with E-state index in [1.165, 1.54) is 36.4 Å². The van der Waals surface area contributed by atoms with Crippen LogP contribution in [0.1, 0.15) is 59.0 Å². The summed E-state index contributed by atoms with van der Waals surface area (Å²) in [6.07, 6.45) is 2.19. The van der Waals surface area contributed by atoms with E-state index in [0.29, 0.717) is 24.3 Å². The molecule has 0 spiro atoms. The minimum Gasteiger partial charge on any atom is -0.478 e. The molecule has 0 aliphatic rings. The Balaban J connectivity index is 1.38. The van der Waals surface area contributed by atoms with E-state index >= 15 is 0 Å². The first-order valence-corrected chi connectivity index (χ1v) is 12.4. The number of carboxylic acid groups (broad SMARTS) is 4. The van der Waals surface area contributed by atoms with Crippen molar-refractivity contribution >= 4 is 23.9 Å². The molecule has 0 aliphatic carbocycles. The first kappa shape index (κ1) is 28.4. The van der Waals surface area contributed by atoms with Gasteiger partial charge in [-0.15, -0.1) is 0 Å². The summed E-state index contributed by atoms with van der Waals surface area (Å²) in [7, 11) is 0.